The number of hydrogen-bond donors (Lipinski definition) is 0. The summed E-state index contributed by atoms with van der Waals surface area (Å²) < 4.78 is 6.51. The van der Waals surface area contributed by atoms with Crippen molar-refractivity contribution in [3.8, 4) is 11.8 Å². The highest BCUT2D eigenvalue weighted by atomic mass is 35.5. The zero-order chi connectivity index (χ0) is 16.1. The fourth-order valence-electron chi connectivity index (χ4n) is 1.78. The highest BCUT2D eigenvalue weighted by molar-refractivity contribution is 6.30. The van der Waals surface area contributed by atoms with E-state index in [9.17, 15) is 14.9 Å². The highest BCUT2D eigenvalue weighted by Gasteiger charge is 2.13. The summed E-state index contributed by atoms with van der Waals surface area (Å²) in [5.74, 6) is 0.520. The van der Waals surface area contributed by atoms with Crippen LogP contribution >= 0.6 is 11.6 Å². The molecular formula is C14H10ClN3O4. The molecule has 8 heteroatoms. The van der Waals surface area contributed by atoms with Crippen LogP contribution in [0.1, 0.15) is 5.56 Å². The molecule has 2 rings (SSSR count). The predicted octanol–water partition coefficient (Wildman–Crippen LogP) is 2.36. The van der Waals surface area contributed by atoms with Crippen molar-refractivity contribution in [2.75, 3.05) is 6.61 Å². The molecule has 0 fully saturated rings. The molecule has 22 heavy (non-hydrogen) atoms. The Morgan fingerprint density at radius 3 is 2.82 bits per heavy atom. The van der Waals surface area contributed by atoms with Crippen molar-refractivity contribution < 1.29 is 9.66 Å². The van der Waals surface area contributed by atoms with Gasteiger partial charge in [-0.3, -0.25) is 14.9 Å². The Morgan fingerprint density at radius 2 is 2.18 bits per heavy atom. The molecule has 1 aromatic carbocycles. The van der Waals surface area contributed by atoms with E-state index in [0.717, 1.165) is 16.8 Å². The van der Waals surface area contributed by atoms with E-state index < -0.39 is 10.5 Å². The van der Waals surface area contributed by atoms with Crippen LogP contribution in [0.5, 0.6) is 5.75 Å². The third-order valence-corrected chi connectivity index (χ3v) is 3.03. The summed E-state index contributed by atoms with van der Waals surface area (Å²) in [7, 11) is 0. The summed E-state index contributed by atoms with van der Waals surface area (Å²) in [6.45, 7) is 0.175. The minimum absolute atomic E-state index is 0.0711. The molecule has 1 aromatic heterocycles. The number of nitrogens with zero attached hydrogens (tertiary/aromatic N) is 3. The Labute approximate surface area is 130 Å². The van der Waals surface area contributed by atoms with Gasteiger partial charge in [0, 0.05) is 11.1 Å². The minimum Gasteiger partial charge on any atom is -0.492 e. The van der Waals surface area contributed by atoms with Crippen LogP contribution in [0.2, 0.25) is 5.02 Å². The maximum absolute atomic E-state index is 11.9. The lowest BCUT2D eigenvalue weighted by molar-refractivity contribution is -0.385. The molecule has 0 N–H and O–H groups in total. The second-order valence-electron chi connectivity index (χ2n) is 4.29. The largest absolute Gasteiger partial charge is 0.492 e. The summed E-state index contributed by atoms with van der Waals surface area (Å²) >= 11 is 5.81. The smallest absolute Gasteiger partial charge is 0.287 e. The van der Waals surface area contributed by atoms with E-state index in [1.54, 1.807) is 30.3 Å². The predicted molar refractivity (Wildman–Crippen MR) is 79.0 cm³/mol. The number of nitriles is 1. The zero-order valence-corrected chi connectivity index (χ0v) is 12.0. The first kappa shape index (κ1) is 15.5. The Morgan fingerprint density at radius 1 is 1.41 bits per heavy atom. The van der Waals surface area contributed by atoms with Gasteiger partial charge in [0.2, 0.25) is 0 Å². The molecule has 2 aromatic rings. The highest BCUT2D eigenvalue weighted by Crippen LogP contribution is 2.17. The van der Waals surface area contributed by atoms with Crippen molar-refractivity contribution in [1.82, 2.24) is 4.57 Å². The third kappa shape index (κ3) is 3.62. The second kappa shape index (κ2) is 6.74. The fourth-order valence-corrected chi connectivity index (χ4v) is 1.96. The number of hydrogen-bond acceptors (Lipinski definition) is 5. The SMILES string of the molecule is N#Cc1cc([N+](=O)[O-])cn(CCOc2cccc(Cl)c2)c1=O. The maximum Gasteiger partial charge on any atom is 0.287 e. The van der Waals surface area contributed by atoms with Crippen LogP contribution in [-0.4, -0.2) is 16.1 Å². The normalized spacial score (nSPS) is 10.0. The molecular weight excluding hydrogens is 310 g/mol. The van der Waals surface area contributed by atoms with Gasteiger partial charge in [-0.25, -0.2) is 0 Å². The molecule has 0 radical (unpaired) electrons. The molecule has 0 aliphatic rings. The molecule has 7 nitrogen and oxygen atoms in total. The molecule has 0 bridgehead atoms. The Balaban J connectivity index is 2.16. The molecule has 0 saturated heterocycles. The number of nitro groups is 1. The molecule has 0 atom stereocenters. The molecule has 0 spiro atoms. The van der Waals surface area contributed by atoms with E-state index in [1.165, 1.54) is 0 Å². The van der Waals surface area contributed by atoms with Crippen LogP contribution < -0.4 is 10.3 Å². The van der Waals surface area contributed by atoms with Crippen LogP contribution in [0, 0.1) is 21.4 Å². The standard InChI is InChI=1S/C14H10ClN3O4/c15-11-2-1-3-13(7-11)22-5-4-17-9-12(18(20)21)6-10(8-16)14(17)19/h1-3,6-7,9H,4-5H2. The molecule has 0 amide bonds. The Bertz CT molecular complexity index is 810. The zero-order valence-electron chi connectivity index (χ0n) is 11.2. The molecule has 0 saturated carbocycles. The lowest BCUT2D eigenvalue weighted by Crippen LogP contribution is -2.25. The van der Waals surface area contributed by atoms with E-state index in [0.29, 0.717) is 10.8 Å². The summed E-state index contributed by atoms with van der Waals surface area (Å²) in [5, 5.41) is 20.2. The summed E-state index contributed by atoms with van der Waals surface area (Å²) in [5.41, 5.74) is -1.20. The number of rotatable bonds is 5. The topological polar surface area (TPSA) is 98.2 Å². The van der Waals surface area contributed by atoms with Gasteiger partial charge in [0.1, 0.15) is 24.0 Å². The van der Waals surface area contributed by atoms with Gasteiger partial charge in [-0.2, -0.15) is 5.26 Å². The van der Waals surface area contributed by atoms with E-state index in [-0.39, 0.29) is 24.4 Å². The number of pyridine rings is 1. The number of aromatic nitrogens is 1. The average Bonchev–Trinajstić information content (AvgIpc) is 2.48. The third-order valence-electron chi connectivity index (χ3n) is 2.80. The average molecular weight is 320 g/mol. The van der Waals surface area contributed by atoms with E-state index in [2.05, 4.69) is 0 Å². The van der Waals surface area contributed by atoms with Crippen molar-refractivity contribution in [1.29, 1.82) is 5.26 Å². The number of ether oxygens (including phenoxy) is 1. The van der Waals surface area contributed by atoms with E-state index in [4.69, 9.17) is 21.6 Å². The minimum atomic E-state index is -0.658. The summed E-state index contributed by atoms with van der Waals surface area (Å²) in [4.78, 5) is 22.1. The first-order valence-corrected chi connectivity index (χ1v) is 6.56. The van der Waals surface area contributed by atoms with Gasteiger partial charge >= 0.3 is 0 Å². The van der Waals surface area contributed by atoms with Gasteiger partial charge in [-0.1, -0.05) is 17.7 Å². The van der Waals surface area contributed by atoms with Gasteiger partial charge < -0.3 is 9.30 Å². The van der Waals surface area contributed by atoms with Crippen LogP contribution in [0.3, 0.4) is 0 Å². The monoisotopic (exact) mass is 319 g/mol. The van der Waals surface area contributed by atoms with Crippen LogP contribution in [-0.2, 0) is 6.54 Å². The van der Waals surface area contributed by atoms with Crippen molar-refractivity contribution in [3.63, 3.8) is 0 Å². The lowest BCUT2D eigenvalue weighted by Gasteiger charge is -2.08. The Kier molecular flexibility index (Phi) is 4.76. The van der Waals surface area contributed by atoms with Crippen molar-refractivity contribution in [2.24, 2.45) is 0 Å². The van der Waals surface area contributed by atoms with Crippen LogP contribution in [0.25, 0.3) is 0 Å². The van der Waals surface area contributed by atoms with Gasteiger partial charge in [0.25, 0.3) is 11.2 Å². The van der Waals surface area contributed by atoms with Gasteiger partial charge in [0.15, 0.2) is 0 Å². The molecule has 112 valence electrons. The van der Waals surface area contributed by atoms with Crippen LogP contribution in [0.15, 0.2) is 41.3 Å². The summed E-state index contributed by atoms with van der Waals surface area (Å²) in [6, 6.07) is 9.32. The van der Waals surface area contributed by atoms with E-state index in [1.807, 2.05) is 0 Å². The summed E-state index contributed by atoms with van der Waals surface area (Å²) in [6.07, 6.45) is 1.09. The number of halogens is 1. The van der Waals surface area contributed by atoms with Gasteiger partial charge in [-0.15, -0.1) is 0 Å². The first-order valence-electron chi connectivity index (χ1n) is 6.18. The van der Waals surface area contributed by atoms with Gasteiger partial charge in [0.05, 0.1) is 17.7 Å². The van der Waals surface area contributed by atoms with Gasteiger partial charge in [-0.05, 0) is 18.2 Å². The maximum atomic E-state index is 11.9. The van der Waals surface area contributed by atoms with Crippen LogP contribution in [0.4, 0.5) is 5.69 Å². The molecule has 0 unspecified atom stereocenters. The molecule has 1 heterocycles. The lowest BCUT2D eigenvalue weighted by atomic mass is 10.2. The fraction of sp³-hybridized carbons (Fsp3) is 0.143. The second-order valence-corrected chi connectivity index (χ2v) is 4.72. The van der Waals surface area contributed by atoms with E-state index >= 15 is 0 Å². The Hall–Kier alpha value is -2.85. The molecule has 0 aliphatic carbocycles. The number of benzene rings is 1. The van der Waals surface area contributed by atoms with Crippen molar-refractivity contribution >= 4 is 17.3 Å². The van der Waals surface area contributed by atoms with Crippen molar-refractivity contribution in [2.45, 2.75) is 6.54 Å². The molecule has 0 aliphatic heterocycles. The first-order chi connectivity index (χ1) is 10.5. The van der Waals surface area contributed by atoms with Crippen molar-refractivity contribution in [3.05, 3.63) is 67.6 Å². The quantitative estimate of drug-likeness (QED) is 0.622.